The summed E-state index contributed by atoms with van der Waals surface area (Å²) in [5.74, 6) is 1.34. The van der Waals surface area contributed by atoms with E-state index in [9.17, 15) is 4.79 Å². The van der Waals surface area contributed by atoms with E-state index in [0.717, 1.165) is 28.2 Å². The molecule has 2 aromatic heterocycles. The maximum Gasteiger partial charge on any atom is 0.196 e. The average molecular weight is 448 g/mol. The lowest BCUT2D eigenvalue weighted by Gasteiger charge is -2.22. The molecule has 0 bridgehead atoms. The molecule has 4 aromatic rings. The Labute approximate surface area is 192 Å². The summed E-state index contributed by atoms with van der Waals surface area (Å²) in [6, 6.07) is 17.2. The molecule has 2 aromatic carbocycles. The fourth-order valence-corrected chi connectivity index (χ4v) is 4.09. The second-order valence-corrected chi connectivity index (χ2v) is 8.64. The number of benzene rings is 2. The zero-order valence-corrected chi connectivity index (χ0v) is 19.6. The van der Waals surface area contributed by atoms with Gasteiger partial charge >= 0.3 is 0 Å². The smallest absolute Gasteiger partial charge is 0.196 e. The van der Waals surface area contributed by atoms with Crippen LogP contribution in [0.2, 0.25) is 5.15 Å². The molecule has 0 radical (unpaired) electrons. The number of aromatic nitrogens is 1. The van der Waals surface area contributed by atoms with Gasteiger partial charge in [-0.3, -0.25) is 4.79 Å². The minimum Gasteiger partial charge on any atom is -0.455 e. The summed E-state index contributed by atoms with van der Waals surface area (Å²) in [7, 11) is 3.84. The van der Waals surface area contributed by atoms with E-state index < -0.39 is 0 Å². The minimum atomic E-state index is -0.145. The number of pyridine rings is 1. The fraction of sp³-hybridized carbons (Fsp3) is 0.231. The van der Waals surface area contributed by atoms with E-state index in [-0.39, 0.29) is 11.5 Å². The van der Waals surface area contributed by atoms with Gasteiger partial charge in [0.1, 0.15) is 16.5 Å². The van der Waals surface area contributed by atoms with Crippen LogP contribution in [0.25, 0.3) is 22.3 Å². The molecular weight excluding hydrogens is 422 g/mol. The maximum atomic E-state index is 13.3. The highest BCUT2D eigenvalue weighted by Gasteiger charge is 2.20. The first-order valence-corrected chi connectivity index (χ1v) is 10.9. The van der Waals surface area contributed by atoms with Crippen molar-refractivity contribution in [1.29, 1.82) is 0 Å². The van der Waals surface area contributed by atoms with Crippen molar-refractivity contribution >= 4 is 34.1 Å². The quantitative estimate of drug-likeness (QED) is 0.360. The second kappa shape index (κ2) is 8.67. The summed E-state index contributed by atoms with van der Waals surface area (Å²) in [4.78, 5) is 19.6. The number of halogens is 1. The van der Waals surface area contributed by atoms with Gasteiger partial charge in [-0.25, -0.2) is 4.98 Å². The molecule has 6 heteroatoms. The van der Waals surface area contributed by atoms with Crippen molar-refractivity contribution in [3.63, 3.8) is 0 Å². The predicted molar refractivity (Wildman–Crippen MR) is 133 cm³/mol. The molecule has 0 unspecified atom stereocenters. The summed E-state index contributed by atoms with van der Waals surface area (Å²) in [6.45, 7) is 5.86. The average Bonchev–Trinajstić information content (AvgIpc) is 2.77. The number of nitrogens with one attached hydrogen (secondary N) is 1. The van der Waals surface area contributed by atoms with Crippen molar-refractivity contribution in [1.82, 2.24) is 4.98 Å². The lowest BCUT2D eigenvalue weighted by atomic mass is 9.99. The maximum absolute atomic E-state index is 13.3. The third-order valence-corrected chi connectivity index (χ3v) is 5.74. The molecule has 4 rings (SSSR count). The third kappa shape index (κ3) is 4.08. The molecule has 0 amide bonds. The van der Waals surface area contributed by atoms with Gasteiger partial charge in [-0.05, 0) is 44.5 Å². The van der Waals surface area contributed by atoms with Crippen molar-refractivity contribution in [2.45, 2.75) is 26.8 Å². The molecule has 0 saturated heterocycles. The Balaban J connectivity index is 1.87. The van der Waals surface area contributed by atoms with Crippen molar-refractivity contribution in [3.05, 3.63) is 86.7 Å². The molecule has 0 aliphatic rings. The highest BCUT2D eigenvalue weighted by atomic mass is 35.5. The lowest BCUT2D eigenvalue weighted by Crippen LogP contribution is -2.16. The molecule has 0 fully saturated rings. The lowest BCUT2D eigenvalue weighted by molar-refractivity contribution is 0.605. The molecular formula is C26H26ClN3O2. The van der Waals surface area contributed by atoms with Gasteiger partial charge in [-0.15, -0.1) is 0 Å². The van der Waals surface area contributed by atoms with Crippen LogP contribution in [0.1, 0.15) is 29.7 Å². The van der Waals surface area contributed by atoms with Gasteiger partial charge in [0.05, 0.1) is 17.1 Å². The molecule has 2 heterocycles. The Kier molecular flexibility index (Phi) is 5.94. The van der Waals surface area contributed by atoms with Gasteiger partial charge in [0.2, 0.25) is 0 Å². The Morgan fingerprint density at radius 1 is 1.06 bits per heavy atom. The topological polar surface area (TPSA) is 58.4 Å². The van der Waals surface area contributed by atoms with Crippen molar-refractivity contribution in [2.24, 2.45) is 0 Å². The number of fused-ring (bicyclic) bond motifs is 1. The minimum absolute atomic E-state index is 0.00982. The number of rotatable bonds is 5. The Morgan fingerprint density at radius 2 is 1.78 bits per heavy atom. The monoisotopic (exact) mass is 447 g/mol. The van der Waals surface area contributed by atoms with E-state index in [4.69, 9.17) is 16.0 Å². The van der Waals surface area contributed by atoms with E-state index in [2.05, 4.69) is 16.4 Å². The van der Waals surface area contributed by atoms with Crippen LogP contribution in [0.15, 0.2) is 63.8 Å². The van der Waals surface area contributed by atoms with E-state index in [1.807, 2.05) is 82.2 Å². The summed E-state index contributed by atoms with van der Waals surface area (Å²) in [5.41, 5.74) is 4.84. The first-order chi connectivity index (χ1) is 15.3. The normalized spacial score (nSPS) is 12.1. The van der Waals surface area contributed by atoms with Gasteiger partial charge < -0.3 is 14.6 Å². The highest BCUT2D eigenvalue weighted by Crippen LogP contribution is 2.33. The fourth-order valence-electron chi connectivity index (χ4n) is 3.94. The van der Waals surface area contributed by atoms with E-state index in [0.29, 0.717) is 27.4 Å². The van der Waals surface area contributed by atoms with Crippen molar-refractivity contribution < 1.29 is 4.42 Å². The van der Waals surface area contributed by atoms with Gasteiger partial charge in [0.25, 0.3) is 0 Å². The second-order valence-electron chi connectivity index (χ2n) is 8.25. The van der Waals surface area contributed by atoms with Gasteiger partial charge in [0.15, 0.2) is 11.2 Å². The summed E-state index contributed by atoms with van der Waals surface area (Å²) in [5, 5.41) is 4.55. The SMILES string of the molecule is Cc1cc([C@@H](C)Nc2ccc(Cl)nc2N(C)C)c2oc(-c3ccccc3)c(C)c(=O)c2c1. The predicted octanol–water partition coefficient (Wildman–Crippen LogP) is 6.36. The molecule has 5 nitrogen and oxygen atoms in total. The summed E-state index contributed by atoms with van der Waals surface area (Å²) in [6.07, 6.45) is 0. The summed E-state index contributed by atoms with van der Waals surface area (Å²) < 4.78 is 6.41. The van der Waals surface area contributed by atoms with Crippen LogP contribution in [0, 0.1) is 13.8 Å². The van der Waals surface area contributed by atoms with Crippen LogP contribution >= 0.6 is 11.6 Å². The Morgan fingerprint density at radius 3 is 2.47 bits per heavy atom. The number of aryl methyl sites for hydroxylation is 1. The molecule has 1 N–H and O–H groups in total. The van der Waals surface area contributed by atoms with E-state index in [1.54, 1.807) is 6.07 Å². The largest absolute Gasteiger partial charge is 0.455 e. The molecule has 32 heavy (non-hydrogen) atoms. The van der Waals surface area contributed by atoms with Crippen LogP contribution < -0.4 is 15.6 Å². The zero-order chi connectivity index (χ0) is 23.0. The van der Waals surface area contributed by atoms with Crippen LogP contribution in [0.4, 0.5) is 11.5 Å². The van der Waals surface area contributed by atoms with Crippen molar-refractivity contribution in [3.8, 4) is 11.3 Å². The van der Waals surface area contributed by atoms with Crippen LogP contribution in [0.3, 0.4) is 0 Å². The first-order valence-electron chi connectivity index (χ1n) is 10.5. The Bertz CT molecular complexity index is 1350. The Hall–Kier alpha value is -3.31. The molecule has 0 spiro atoms. The molecule has 1 atom stereocenters. The van der Waals surface area contributed by atoms with Gasteiger partial charge in [0, 0.05) is 30.8 Å². The molecule has 0 saturated carbocycles. The zero-order valence-electron chi connectivity index (χ0n) is 18.9. The van der Waals surface area contributed by atoms with Crippen LogP contribution in [-0.2, 0) is 0 Å². The van der Waals surface area contributed by atoms with Gasteiger partial charge in [-0.2, -0.15) is 0 Å². The number of hydrogen-bond donors (Lipinski definition) is 1. The van der Waals surface area contributed by atoms with Crippen LogP contribution in [0.5, 0.6) is 0 Å². The van der Waals surface area contributed by atoms with Crippen LogP contribution in [-0.4, -0.2) is 19.1 Å². The van der Waals surface area contributed by atoms with Gasteiger partial charge in [-0.1, -0.05) is 48.0 Å². The molecule has 0 aliphatic heterocycles. The number of nitrogens with zero attached hydrogens (tertiary/aromatic N) is 2. The number of anilines is 2. The number of hydrogen-bond acceptors (Lipinski definition) is 5. The third-order valence-electron chi connectivity index (χ3n) is 5.53. The van der Waals surface area contributed by atoms with E-state index in [1.165, 1.54) is 0 Å². The summed E-state index contributed by atoms with van der Waals surface area (Å²) >= 11 is 6.11. The first kappa shape index (κ1) is 21.9. The molecule has 0 aliphatic carbocycles. The molecule has 164 valence electrons. The highest BCUT2D eigenvalue weighted by molar-refractivity contribution is 6.29. The van der Waals surface area contributed by atoms with E-state index >= 15 is 0 Å². The standard InChI is InChI=1S/C26H26ClN3O2/c1-15-13-19(17(3)28-21-11-12-22(27)29-26(21)30(4)5)25-20(14-15)23(31)16(2)24(32-25)18-9-7-6-8-10-18/h6-14,17,28H,1-5H3/t17-/m1/s1. The van der Waals surface area contributed by atoms with Crippen molar-refractivity contribution in [2.75, 3.05) is 24.3 Å².